The number of aliphatic carboxylic acids is 1. The van der Waals surface area contributed by atoms with Gasteiger partial charge in [0.2, 0.25) is 0 Å². The maximum absolute atomic E-state index is 11.1. The van der Waals surface area contributed by atoms with Gasteiger partial charge in [-0.15, -0.1) is 0 Å². The van der Waals surface area contributed by atoms with Crippen LogP contribution in [0.4, 0.5) is 0 Å². The van der Waals surface area contributed by atoms with Crippen molar-refractivity contribution in [3.05, 3.63) is 0 Å². The summed E-state index contributed by atoms with van der Waals surface area (Å²) in [6, 6.07) is 0. The van der Waals surface area contributed by atoms with Crippen LogP contribution in [-0.4, -0.2) is 34.0 Å². The number of hydrogen-bond acceptors (Lipinski definition) is 3. The normalized spacial score (nSPS) is 17.4. The molecule has 0 aromatic carbocycles. The summed E-state index contributed by atoms with van der Waals surface area (Å²) in [5.41, 5.74) is -1.17. The van der Waals surface area contributed by atoms with Gasteiger partial charge >= 0.3 is 5.97 Å². The van der Waals surface area contributed by atoms with E-state index >= 15 is 0 Å². The number of aliphatic hydroxyl groups excluding tert-OH is 2. The molecule has 3 N–H and O–H groups in total. The van der Waals surface area contributed by atoms with Crippen molar-refractivity contribution in [3.63, 3.8) is 0 Å². The molecule has 4 heteroatoms. The molecule has 4 nitrogen and oxygen atoms in total. The second-order valence-electron chi connectivity index (χ2n) is 3.61. The molecular formula is C10H20O4. The molecule has 0 bridgehead atoms. The summed E-state index contributed by atoms with van der Waals surface area (Å²) in [6.45, 7) is 3.41. The zero-order chi connectivity index (χ0) is 11.2. The first-order chi connectivity index (χ1) is 6.55. The molecule has 14 heavy (non-hydrogen) atoms. The Morgan fingerprint density at radius 3 is 2.21 bits per heavy atom. The van der Waals surface area contributed by atoms with E-state index in [1.54, 1.807) is 6.92 Å². The molecule has 0 saturated heterocycles. The van der Waals surface area contributed by atoms with Crippen molar-refractivity contribution in [2.45, 2.75) is 45.6 Å². The van der Waals surface area contributed by atoms with Crippen LogP contribution in [0.1, 0.15) is 39.5 Å². The predicted octanol–water partition coefficient (Wildman–Crippen LogP) is 1.01. The lowest BCUT2D eigenvalue weighted by molar-refractivity contribution is -0.159. The molecule has 0 heterocycles. The Kier molecular flexibility index (Phi) is 5.72. The van der Waals surface area contributed by atoms with E-state index in [1.807, 2.05) is 6.92 Å². The monoisotopic (exact) mass is 204 g/mol. The smallest absolute Gasteiger partial charge is 0.312 e. The molecule has 2 atom stereocenters. The van der Waals surface area contributed by atoms with Gasteiger partial charge in [-0.3, -0.25) is 4.79 Å². The molecular weight excluding hydrogens is 184 g/mol. The van der Waals surface area contributed by atoms with Crippen LogP contribution in [0.25, 0.3) is 0 Å². The van der Waals surface area contributed by atoms with Gasteiger partial charge in [-0.2, -0.15) is 0 Å². The van der Waals surface area contributed by atoms with Crippen molar-refractivity contribution in [3.8, 4) is 0 Å². The average Bonchev–Trinajstić information content (AvgIpc) is 2.15. The van der Waals surface area contributed by atoms with Crippen LogP contribution < -0.4 is 0 Å². The molecule has 0 aliphatic heterocycles. The quantitative estimate of drug-likeness (QED) is 0.578. The van der Waals surface area contributed by atoms with Crippen molar-refractivity contribution in [2.24, 2.45) is 5.41 Å². The Morgan fingerprint density at radius 1 is 1.36 bits per heavy atom. The second kappa shape index (κ2) is 5.98. The fraction of sp³-hybridized carbons (Fsp3) is 0.900. The average molecular weight is 204 g/mol. The lowest BCUT2D eigenvalue weighted by Gasteiger charge is -2.32. The minimum absolute atomic E-state index is 0.116. The largest absolute Gasteiger partial charge is 0.481 e. The Labute approximate surface area is 84.6 Å². The van der Waals surface area contributed by atoms with Crippen molar-refractivity contribution in [2.75, 3.05) is 6.61 Å². The molecule has 0 aromatic rings. The van der Waals surface area contributed by atoms with E-state index in [2.05, 4.69) is 0 Å². The molecule has 0 amide bonds. The first-order valence-corrected chi connectivity index (χ1v) is 5.07. The Hall–Kier alpha value is -0.610. The topological polar surface area (TPSA) is 77.8 Å². The predicted molar refractivity (Wildman–Crippen MR) is 53.0 cm³/mol. The van der Waals surface area contributed by atoms with E-state index in [4.69, 9.17) is 10.2 Å². The fourth-order valence-electron chi connectivity index (χ4n) is 1.85. The van der Waals surface area contributed by atoms with Gasteiger partial charge in [0, 0.05) is 6.61 Å². The van der Waals surface area contributed by atoms with Gasteiger partial charge in [0.25, 0.3) is 0 Å². The highest BCUT2D eigenvalue weighted by Gasteiger charge is 2.43. The molecule has 0 rings (SSSR count). The minimum atomic E-state index is -1.17. The van der Waals surface area contributed by atoms with Gasteiger partial charge < -0.3 is 15.3 Å². The summed E-state index contributed by atoms with van der Waals surface area (Å²) in [7, 11) is 0. The van der Waals surface area contributed by atoms with E-state index in [0.29, 0.717) is 19.3 Å². The highest BCUT2D eigenvalue weighted by atomic mass is 16.4. The van der Waals surface area contributed by atoms with E-state index in [-0.39, 0.29) is 13.0 Å². The van der Waals surface area contributed by atoms with E-state index in [0.717, 1.165) is 0 Å². The number of carboxylic acids is 1. The van der Waals surface area contributed by atoms with Crippen LogP contribution in [0.2, 0.25) is 0 Å². The summed E-state index contributed by atoms with van der Waals surface area (Å²) in [5.74, 6) is -1.01. The van der Waals surface area contributed by atoms with Crippen molar-refractivity contribution >= 4 is 5.97 Å². The second-order valence-corrected chi connectivity index (χ2v) is 3.61. The maximum Gasteiger partial charge on any atom is 0.312 e. The third-order valence-electron chi connectivity index (χ3n) is 2.70. The lowest BCUT2D eigenvalue weighted by Crippen LogP contribution is -2.43. The summed E-state index contributed by atoms with van der Waals surface area (Å²) in [6.07, 6.45) is 0.714. The van der Waals surface area contributed by atoms with Gasteiger partial charge in [-0.05, 0) is 19.3 Å². The number of aliphatic hydroxyl groups is 2. The maximum atomic E-state index is 11.1. The van der Waals surface area contributed by atoms with Crippen LogP contribution in [0.3, 0.4) is 0 Å². The highest BCUT2D eigenvalue weighted by molar-refractivity contribution is 5.75. The van der Waals surface area contributed by atoms with E-state index in [1.165, 1.54) is 0 Å². The zero-order valence-electron chi connectivity index (χ0n) is 8.86. The van der Waals surface area contributed by atoms with Crippen LogP contribution in [0.15, 0.2) is 0 Å². The summed E-state index contributed by atoms with van der Waals surface area (Å²) in [5, 5.41) is 27.7. The van der Waals surface area contributed by atoms with Gasteiger partial charge in [-0.25, -0.2) is 0 Å². The van der Waals surface area contributed by atoms with E-state index < -0.39 is 17.5 Å². The Balaban J connectivity index is 4.82. The molecule has 0 fully saturated rings. The number of carbonyl (C=O) groups is 1. The van der Waals surface area contributed by atoms with Gasteiger partial charge in [0.15, 0.2) is 0 Å². The zero-order valence-corrected chi connectivity index (χ0v) is 8.86. The fourth-order valence-corrected chi connectivity index (χ4v) is 1.85. The first-order valence-electron chi connectivity index (χ1n) is 5.07. The number of hydrogen-bond donors (Lipinski definition) is 3. The van der Waals surface area contributed by atoms with Crippen LogP contribution >= 0.6 is 0 Å². The Bertz CT molecular complexity index is 173. The van der Waals surface area contributed by atoms with Crippen molar-refractivity contribution in [1.82, 2.24) is 0 Å². The van der Waals surface area contributed by atoms with Crippen LogP contribution in [0.5, 0.6) is 0 Å². The summed E-state index contributed by atoms with van der Waals surface area (Å²) in [4.78, 5) is 11.1. The standard InChI is InChI=1S/C10H20O4/c1-3-5-10(6-7-11,9(13)14)8(12)4-2/h8,11-12H,3-7H2,1-2H3,(H,13,14). The summed E-state index contributed by atoms with van der Waals surface area (Å²) < 4.78 is 0. The molecule has 0 spiro atoms. The molecule has 2 unspecified atom stereocenters. The number of carboxylic acid groups (broad SMARTS) is 1. The SMILES string of the molecule is CCCC(CCO)(C(=O)O)C(O)CC. The van der Waals surface area contributed by atoms with E-state index in [9.17, 15) is 9.90 Å². The van der Waals surface area contributed by atoms with Gasteiger partial charge in [-0.1, -0.05) is 20.3 Å². The lowest BCUT2D eigenvalue weighted by atomic mass is 9.74. The molecule has 0 radical (unpaired) electrons. The summed E-state index contributed by atoms with van der Waals surface area (Å²) >= 11 is 0. The van der Waals surface area contributed by atoms with Crippen LogP contribution in [-0.2, 0) is 4.79 Å². The van der Waals surface area contributed by atoms with Crippen molar-refractivity contribution in [1.29, 1.82) is 0 Å². The highest BCUT2D eigenvalue weighted by Crippen LogP contribution is 2.34. The molecule has 0 saturated carbocycles. The van der Waals surface area contributed by atoms with Gasteiger partial charge in [0.05, 0.1) is 11.5 Å². The third kappa shape index (κ3) is 2.69. The van der Waals surface area contributed by atoms with Crippen LogP contribution in [0, 0.1) is 5.41 Å². The molecule has 0 aromatic heterocycles. The molecule has 0 aliphatic rings. The van der Waals surface area contributed by atoms with Crippen molar-refractivity contribution < 1.29 is 20.1 Å². The molecule has 84 valence electrons. The Morgan fingerprint density at radius 2 is 1.93 bits per heavy atom. The first kappa shape index (κ1) is 13.4. The molecule has 0 aliphatic carbocycles. The minimum Gasteiger partial charge on any atom is -0.481 e. The van der Waals surface area contributed by atoms with Gasteiger partial charge in [0.1, 0.15) is 0 Å². The third-order valence-corrected chi connectivity index (χ3v) is 2.70. The number of rotatable bonds is 7.